The van der Waals surface area contributed by atoms with Gasteiger partial charge in [-0.3, -0.25) is 4.79 Å². The molecule has 3 aromatic rings. The van der Waals surface area contributed by atoms with Crippen molar-refractivity contribution in [2.24, 2.45) is 0 Å². The van der Waals surface area contributed by atoms with Crippen molar-refractivity contribution in [1.82, 2.24) is 19.9 Å². The number of aromatic nitrogens is 3. The molecule has 0 saturated heterocycles. The van der Waals surface area contributed by atoms with E-state index in [4.69, 9.17) is 4.74 Å². The molecule has 2 aromatic heterocycles. The normalized spacial score (nSPS) is 10.8. The largest absolute Gasteiger partial charge is 0.383 e. The fourth-order valence-corrected chi connectivity index (χ4v) is 3.17. The number of nitrogens with zero attached hydrogens (tertiary/aromatic N) is 4. The molecule has 2 heterocycles. The lowest BCUT2D eigenvalue weighted by molar-refractivity contribution is 0.0675. The maximum atomic E-state index is 13.0. The highest BCUT2D eigenvalue weighted by Gasteiger charge is 2.23. The van der Waals surface area contributed by atoms with E-state index in [1.807, 2.05) is 47.8 Å². The lowest BCUT2D eigenvalue weighted by Crippen LogP contribution is -2.34. The van der Waals surface area contributed by atoms with E-state index in [-0.39, 0.29) is 5.91 Å². The van der Waals surface area contributed by atoms with Gasteiger partial charge in [0.25, 0.3) is 5.91 Å². The van der Waals surface area contributed by atoms with Gasteiger partial charge in [0, 0.05) is 18.5 Å². The fourth-order valence-electron chi connectivity index (χ4n) is 2.45. The van der Waals surface area contributed by atoms with Crippen molar-refractivity contribution < 1.29 is 9.53 Å². The smallest absolute Gasteiger partial charge is 0.276 e. The van der Waals surface area contributed by atoms with Crippen molar-refractivity contribution in [1.29, 1.82) is 0 Å². The van der Waals surface area contributed by atoms with Crippen molar-refractivity contribution in [2.75, 3.05) is 20.3 Å². The Kier molecular flexibility index (Phi) is 5.57. The van der Waals surface area contributed by atoms with Gasteiger partial charge in [0.15, 0.2) is 5.69 Å². The molecule has 0 saturated carbocycles. The molecule has 0 aliphatic carbocycles. The molecule has 0 bridgehead atoms. The molecule has 1 amide bonds. The molecular weight excluding hydrogens is 336 g/mol. The Balaban J connectivity index is 1.85. The van der Waals surface area contributed by atoms with Crippen LogP contribution in [0, 0.1) is 6.92 Å². The van der Waals surface area contributed by atoms with Crippen LogP contribution >= 0.6 is 11.3 Å². The second-order valence-corrected chi connectivity index (χ2v) is 6.59. The van der Waals surface area contributed by atoms with E-state index in [1.165, 1.54) is 4.80 Å². The minimum Gasteiger partial charge on any atom is -0.383 e. The molecule has 6 nitrogen and oxygen atoms in total. The number of benzene rings is 1. The highest BCUT2D eigenvalue weighted by molar-refractivity contribution is 7.09. The second-order valence-electron chi connectivity index (χ2n) is 5.56. The lowest BCUT2D eigenvalue weighted by atomic mass is 10.3. The predicted molar refractivity (Wildman–Crippen MR) is 97.0 cm³/mol. The van der Waals surface area contributed by atoms with E-state index in [9.17, 15) is 4.79 Å². The minimum absolute atomic E-state index is 0.134. The Morgan fingerprint density at radius 2 is 2.00 bits per heavy atom. The number of carbonyl (C=O) groups excluding carboxylic acids is 1. The van der Waals surface area contributed by atoms with Crippen LogP contribution in [0.5, 0.6) is 0 Å². The van der Waals surface area contributed by atoms with Gasteiger partial charge in [0.1, 0.15) is 0 Å². The zero-order chi connectivity index (χ0) is 17.6. The molecule has 0 aliphatic heterocycles. The van der Waals surface area contributed by atoms with Crippen molar-refractivity contribution >= 4 is 17.2 Å². The number of hydrogen-bond donors (Lipinski definition) is 0. The number of aryl methyl sites for hydroxylation is 1. The highest BCUT2D eigenvalue weighted by Crippen LogP contribution is 2.16. The summed E-state index contributed by atoms with van der Waals surface area (Å²) < 4.78 is 5.15. The topological polar surface area (TPSA) is 60.2 Å². The van der Waals surface area contributed by atoms with Gasteiger partial charge in [0.2, 0.25) is 0 Å². The quantitative estimate of drug-likeness (QED) is 0.653. The summed E-state index contributed by atoms with van der Waals surface area (Å²) in [6.07, 6.45) is 0. The number of hydrogen-bond acceptors (Lipinski definition) is 5. The number of para-hydroxylation sites is 1. The molecule has 0 N–H and O–H groups in total. The molecule has 0 fully saturated rings. The summed E-state index contributed by atoms with van der Waals surface area (Å²) in [5.41, 5.74) is 1.81. The van der Waals surface area contributed by atoms with Crippen molar-refractivity contribution in [2.45, 2.75) is 13.5 Å². The van der Waals surface area contributed by atoms with Crippen LogP contribution in [0.3, 0.4) is 0 Å². The van der Waals surface area contributed by atoms with E-state index in [0.29, 0.717) is 31.1 Å². The SMILES string of the molecule is COCCN(Cc1cccs1)C(=O)c1nn(-c2ccccc2)nc1C. The Hall–Kier alpha value is -2.51. The summed E-state index contributed by atoms with van der Waals surface area (Å²) in [6.45, 7) is 3.32. The number of ether oxygens (including phenoxy) is 1. The molecule has 0 unspecified atom stereocenters. The first kappa shape index (κ1) is 17.3. The van der Waals surface area contributed by atoms with Gasteiger partial charge in [-0.05, 0) is 30.5 Å². The van der Waals surface area contributed by atoms with Gasteiger partial charge in [0.05, 0.1) is 24.5 Å². The highest BCUT2D eigenvalue weighted by atomic mass is 32.1. The molecule has 130 valence electrons. The molecule has 0 atom stereocenters. The van der Waals surface area contributed by atoms with E-state index in [2.05, 4.69) is 10.2 Å². The zero-order valence-electron chi connectivity index (χ0n) is 14.3. The number of thiophene rings is 1. The van der Waals surface area contributed by atoms with Crippen LogP contribution < -0.4 is 0 Å². The summed E-state index contributed by atoms with van der Waals surface area (Å²) in [5.74, 6) is -0.134. The van der Waals surface area contributed by atoms with Gasteiger partial charge in [-0.15, -0.1) is 16.4 Å². The van der Waals surface area contributed by atoms with Gasteiger partial charge in [-0.25, -0.2) is 0 Å². The first-order valence-corrected chi connectivity index (χ1v) is 8.87. The average Bonchev–Trinajstić information content (AvgIpc) is 3.28. The molecule has 7 heteroatoms. The Bertz CT molecular complexity index is 815. The predicted octanol–water partition coefficient (Wildman–Crippen LogP) is 2.93. The van der Waals surface area contributed by atoms with Gasteiger partial charge >= 0.3 is 0 Å². The van der Waals surface area contributed by atoms with Crippen LogP contribution in [0.4, 0.5) is 0 Å². The van der Waals surface area contributed by atoms with Crippen LogP contribution in [-0.2, 0) is 11.3 Å². The van der Waals surface area contributed by atoms with Gasteiger partial charge < -0.3 is 9.64 Å². The third kappa shape index (κ3) is 4.12. The van der Waals surface area contributed by atoms with Crippen LogP contribution in [-0.4, -0.2) is 46.1 Å². The first-order chi connectivity index (χ1) is 12.2. The molecule has 1 aromatic carbocycles. The van der Waals surface area contributed by atoms with Gasteiger partial charge in [-0.2, -0.15) is 9.90 Å². The van der Waals surface area contributed by atoms with Crippen molar-refractivity contribution in [3.05, 3.63) is 64.1 Å². The Morgan fingerprint density at radius 1 is 1.20 bits per heavy atom. The molecule has 3 rings (SSSR count). The van der Waals surface area contributed by atoms with Crippen molar-refractivity contribution in [3.63, 3.8) is 0 Å². The lowest BCUT2D eigenvalue weighted by Gasteiger charge is -2.20. The monoisotopic (exact) mass is 356 g/mol. The summed E-state index contributed by atoms with van der Waals surface area (Å²) in [7, 11) is 1.63. The number of carbonyl (C=O) groups is 1. The average molecular weight is 356 g/mol. The third-order valence-electron chi connectivity index (χ3n) is 3.75. The minimum atomic E-state index is -0.134. The summed E-state index contributed by atoms with van der Waals surface area (Å²) in [6, 6.07) is 13.6. The molecular formula is C18H20N4O2S. The van der Waals surface area contributed by atoms with Crippen molar-refractivity contribution in [3.8, 4) is 5.69 Å². The summed E-state index contributed by atoms with van der Waals surface area (Å²) >= 11 is 1.63. The molecule has 25 heavy (non-hydrogen) atoms. The summed E-state index contributed by atoms with van der Waals surface area (Å²) in [4.78, 5) is 17.4. The number of rotatable bonds is 7. The maximum Gasteiger partial charge on any atom is 0.276 e. The maximum absolute atomic E-state index is 13.0. The third-order valence-corrected chi connectivity index (χ3v) is 4.61. The van der Waals surface area contributed by atoms with E-state index in [0.717, 1.165) is 10.6 Å². The Labute approximate surface area is 150 Å². The second kappa shape index (κ2) is 8.04. The fraction of sp³-hybridized carbons (Fsp3) is 0.278. The molecule has 0 radical (unpaired) electrons. The van der Waals surface area contributed by atoms with Gasteiger partial charge in [-0.1, -0.05) is 24.3 Å². The zero-order valence-corrected chi connectivity index (χ0v) is 15.1. The molecule has 0 spiro atoms. The van der Waals surface area contributed by atoms with Crippen LogP contribution in [0.25, 0.3) is 5.69 Å². The Morgan fingerprint density at radius 3 is 2.68 bits per heavy atom. The van der Waals surface area contributed by atoms with Crippen LogP contribution in [0.1, 0.15) is 21.1 Å². The van der Waals surface area contributed by atoms with Crippen LogP contribution in [0.15, 0.2) is 47.8 Å². The van der Waals surface area contributed by atoms with E-state index >= 15 is 0 Å². The standard InChI is InChI=1S/C18H20N4O2S/c1-14-17(20-22(19-14)15-7-4-3-5-8-15)18(23)21(10-11-24-2)13-16-9-6-12-25-16/h3-9,12H,10-11,13H2,1-2H3. The van der Waals surface area contributed by atoms with E-state index < -0.39 is 0 Å². The molecule has 0 aliphatic rings. The van der Waals surface area contributed by atoms with Crippen LogP contribution in [0.2, 0.25) is 0 Å². The number of amides is 1. The summed E-state index contributed by atoms with van der Waals surface area (Å²) in [5, 5.41) is 10.8. The van der Waals surface area contributed by atoms with E-state index in [1.54, 1.807) is 30.3 Å². The number of methoxy groups -OCH3 is 1. The first-order valence-electron chi connectivity index (χ1n) is 7.99.